The maximum atomic E-state index is 11.0. The van der Waals surface area contributed by atoms with Crippen LogP contribution in [-0.2, 0) is 0 Å². The molecule has 0 radical (unpaired) electrons. The van der Waals surface area contributed by atoms with Crippen molar-refractivity contribution in [3.63, 3.8) is 0 Å². The van der Waals surface area contributed by atoms with Gasteiger partial charge in [0.2, 0.25) is 0 Å². The molecule has 2 rings (SSSR count). The highest BCUT2D eigenvalue weighted by Crippen LogP contribution is 2.30. The highest BCUT2D eigenvalue weighted by atomic mass is 35.5. The van der Waals surface area contributed by atoms with Gasteiger partial charge < -0.3 is 0 Å². The third-order valence-corrected chi connectivity index (χ3v) is 2.88. The molecular weight excluding hydrogens is 259 g/mol. The van der Waals surface area contributed by atoms with Crippen molar-refractivity contribution in [2.45, 2.75) is 6.92 Å². The van der Waals surface area contributed by atoms with E-state index in [1.807, 2.05) is 12.1 Å². The summed E-state index contributed by atoms with van der Waals surface area (Å²) in [6.07, 6.45) is 0.639. The first-order chi connectivity index (χ1) is 8.13. The van der Waals surface area contributed by atoms with Crippen LogP contribution in [-0.4, -0.2) is 16.3 Å². The minimum absolute atomic E-state index is 0.141. The molecule has 0 fully saturated rings. The number of carbonyl (C=O) groups is 1. The number of aryl methyl sites for hydroxylation is 1. The number of aromatic nitrogens is 2. The number of carbonyl (C=O) groups excluding carboxylic acids is 1. The van der Waals surface area contributed by atoms with E-state index in [4.69, 9.17) is 23.2 Å². The van der Waals surface area contributed by atoms with Gasteiger partial charge in [-0.3, -0.25) is 4.79 Å². The number of rotatable bonds is 2. The fraction of sp³-hybridized carbons (Fsp3) is 0.0833. The minimum Gasteiger partial charge on any atom is -0.298 e. The smallest absolute Gasteiger partial charge is 0.155 e. The lowest BCUT2D eigenvalue weighted by Gasteiger charge is -2.08. The van der Waals surface area contributed by atoms with Crippen molar-refractivity contribution in [3.05, 3.63) is 45.8 Å². The van der Waals surface area contributed by atoms with E-state index >= 15 is 0 Å². The Morgan fingerprint density at radius 2 is 1.88 bits per heavy atom. The van der Waals surface area contributed by atoms with E-state index in [-0.39, 0.29) is 10.7 Å². The van der Waals surface area contributed by atoms with Gasteiger partial charge in [0.05, 0.1) is 11.3 Å². The highest BCUT2D eigenvalue weighted by Gasteiger charge is 2.14. The lowest BCUT2D eigenvalue weighted by atomic mass is 10.1. The normalized spacial score (nSPS) is 10.3. The fourth-order valence-corrected chi connectivity index (χ4v) is 1.99. The van der Waals surface area contributed by atoms with Gasteiger partial charge in [0, 0.05) is 10.6 Å². The summed E-state index contributed by atoms with van der Waals surface area (Å²) in [5.41, 5.74) is 1.39. The maximum absolute atomic E-state index is 11.0. The topological polar surface area (TPSA) is 42.9 Å². The molecule has 1 heterocycles. The summed E-state index contributed by atoms with van der Waals surface area (Å²) in [6.45, 7) is 1.71. The van der Waals surface area contributed by atoms with Gasteiger partial charge in [0.15, 0.2) is 6.29 Å². The van der Waals surface area contributed by atoms with Gasteiger partial charge in [0.25, 0.3) is 0 Å². The number of benzene rings is 1. The van der Waals surface area contributed by atoms with Crippen LogP contribution in [0.3, 0.4) is 0 Å². The largest absolute Gasteiger partial charge is 0.298 e. The molecule has 0 unspecified atom stereocenters. The van der Waals surface area contributed by atoms with Gasteiger partial charge in [-0.25, -0.2) is 9.97 Å². The Kier molecular flexibility index (Phi) is 3.41. The second kappa shape index (κ2) is 4.82. The maximum Gasteiger partial charge on any atom is 0.155 e. The van der Waals surface area contributed by atoms with Gasteiger partial charge >= 0.3 is 0 Å². The number of nitrogens with zero attached hydrogens (tertiary/aromatic N) is 2. The highest BCUT2D eigenvalue weighted by molar-refractivity contribution is 6.34. The predicted octanol–water partition coefficient (Wildman–Crippen LogP) is 3.57. The zero-order valence-electron chi connectivity index (χ0n) is 8.95. The number of halogens is 2. The first kappa shape index (κ1) is 12.0. The van der Waals surface area contributed by atoms with E-state index < -0.39 is 0 Å². The minimum atomic E-state index is 0.141. The standard InChI is InChI=1S/C12H8Cl2N2O/c1-7-15-11(9(6-17)12(14)16-7)8-4-2-3-5-10(8)13/h2-6H,1H3. The van der Waals surface area contributed by atoms with Crippen molar-refractivity contribution >= 4 is 29.5 Å². The molecule has 0 atom stereocenters. The van der Waals surface area contributed by atoms with Crippen LogP contribution >= 0.6 is 23.2 Å². The van der Waals surface area contributed by atoms with Gasteiger partial charge in [-0.2, -0.15) is 0 Å². The molecule has 5 heteroatoms. The van der Waals surface area contributed by atoms with Gasteiger partial charge in [-0.15, -0.1) is 0 Å². The fourth-order valence-electron chi connectivity index (χ4n) is 1.51. The molecule has 86 valence electrons. The Balaban J connectivity index is 2.75. The number of hydrogen-bond acceptors (Lipinski definition) is 3. The molecule has 0 saturated carbocycles. The molecule has 0 spiro atoms. The number of hydrogen-bond donors (Lipinski definition) is 0. The van der Waals surface area contributed by atoms with Crippen molar-refractivity contribution < 1.29 is 4.79 Å². The predicted molar refractivity (Wildman–Crippen MR) is 67.6 cm³/mol. The Morgan fingerprint density at radius 3 is 2.53 bits per heavy atom. The van der Waals surface area contributed by atoms with Crippen molar-refractivity contribution in [2.24, 2.45) is 0 Å². The molecule has 0 N–H and O–H groups in total. The molecule has 1 aromatic heterocycles. The van der Waals surface area contributed by atoms with Crippen LogP contribution in [0.5, 0.6) is 0 Å². The van der Waals surface area contributed by atoms with Crippen LogP contribution < -0.4 is 0 Å². The van der Waals surface area contributed by atoms with E-state index in [2.05, 4.69) is 9.97 Å². The molecule has 17 heavy (non-hydrogen) atoms. The molecular formula is C12H8Cl2N2O. The van der Waals surface area contributed by atoms with Crippen LogP contribution in [0.15, 0.2) is 24.3 Å². The van der Waals surface area contributed by atoms with Crippen LogP contribution in [0.4, 0.5) is 0 Å². The first-order valence-electron chi connectivity index (χ1n) is 4.87. The average Bonchev–Trinajstić information content (AvgIpc) is 2.28. The van der Waals surface area contributed by atoms with E-state index in [0.717, 1.165) is 0 Å². The molecule has 0 aliphatic rings. The van der Waals surface area contributed by atoms with Crippen LogP contribution in [0.1, 0.15) is 16.2 Å². The summed E-state index contributed by atoms with van der Waals surface area (Å²) in [5, 5.41) is 0.659. The van der Waals surface area contributed by atoms with Crippen LogP contribution in [0, 0.1) is 6.92 Å². The monoisotopic (exact) mass is 266 g/mol. The molecule has 0 saturated heterocycles. The van der Waals surface area contributed by atoms with Crippen LogP contribution in [0.25, 0.3) is 11.3 Å². The summed E-state index contributed by atoms with van der Waals surface area (Å²) in [4.78, 5) is 19.2. The van der Waals surface area contributed by atoms with Gasteiger partial charge in [-0.1, -0.05) is 41.4 Å². The van der Waals surface area contributed by atoms with Crippen molar-refractivity contribution in [1.29, 1.82) is 0 Å². The van der Waals surface area contributed by atoms with E-state index in [1.165, 1.54) is 0 Å². The molecule has 0 bridgehead atoms. The zero-order chi connectivity index (χ0) is 12.4. The quantitative estimate of drug-likeness (QED) is 0.617. The molecule has 3 nitrogen and oxygen atoms in total. The average molecular weight is 267 g/mol. The Morgan fingerprint density at radius 1 is 1.18 bits per heavy atom. The zero-order valence-corrected chi connectivity index (χ0v) is 10.5. The van der Waals surface area contributed by atoms with Crippen molar-refractivity contribution in [1.82, 2.24) is 9.97 Å². The molecule has 0 aliphatic heterocycles. The molecule has 1 aromatic carbocycles. The van der Waals surface area contributed by atoms with Crippen molar-refractivity contribution in [2.75, 3.05) is 0 Å². The summed E-state index contributed by atoms with van der Waals surface area (Å²) < 4.78 is 0. The molecule has 0 amide bonds. The Hall–Kier alpha value is -1.45. The lowest BCUT2D eigenvalue weighted by Crippen LogP contribution is -1.99. The second-order valence-corrected chi connectivity index (χ2v) is 4.19. The SMILES string of the molecule is Cc1nc(Cl)c(C=O)c(-c2ccccc2Cl)n1. The number of aldehydes is 1. The lowest BCUT2D eigenvalue weighted by molar-refractivity contribution is 0.112. The van der Waals surface area contributed by atoms with Gasteiger partial charge in [0.1, 0.15) is 11.0 Å². The Labute approximate surface area is 108 Å². The van der Waals surface area contributed by atoms with Gasteiger partial charge in [-0.05, 0) is 13.0 Å². The summed E-state index contributed by atoms with van der Waals surface area (Å²) in [5.74, 6) is 0.496. The summed E-state index contributed by atoms with van der Waals surface area (Å²) in [6, 6.07) is 7.15. The van der Waals surface area contributed by atoms with E-state index in [1.54, 1.807) is 19.1 Å². The van der Waals surface area contributed by atoms with E-state index in [9.17, 15) is 4.79 Å². The Bertz CT molecular complexity index is 585. The molecule has 0 aliphatic carbocycles. The summed E-state index contributed by atoms with van der Waals surface area (Å²) >= 11 is 12.0. The van der Waals surface area contributed by atoms with E-state index in [0.29, 0.717) is 28.4 Å². The van der Waals surface area contributed by atoms with Crippen LogP contribution in [0.2, 0.25) is 10.2 Å². The molecule has 2 aromatic rings. The first-order valence-corrected chi connectivity index (χ1v) is 5.63. The summed E-state index contributed by atoms with van der Waals surface area (Å²) in [7, 11) is 0. The third-order valence-electron chi connectivity index (χ3n) is 2.26. The third kappa shape index (κ3) is 2.30. The van der Waals surface area contributed by atoms with Crippen molar-refractivity contribution in [3.8, 4) is 11.3 Å². The second-order valence-electron chi connectivity index (χ2n) is 3.42.